The van der Waals surface area contributed by atoms with E-state index in [1.54, 1.807) is 0 Å². The maximum Gasteiger partial charge on any atom is 0.0621 e. The highest BCUT2D eigenvalue weighted by Gasteiger charge is 2.22. The van der Waals surface area contributed by atoms with E-state index in [1.165, 1.54) is 0 Å². The molecule has 3 heteroatoms. The molecule has 3 nitrogen and oxygen atoms in total. The minimum Gasteiger partial charge on any atom is -0.314 e. The van der Waals surface area contributed by atoms with Crippen molar-refractivity contribution < 1.29 is 0 Å². The van der Waals surface area contributed by atoms with Crippen LogP contribution in [0.2, 0.25) is 0 Å². The zero-order chi connectivity index (χ0) is 12.8. The number of hydrogen-bond acceptors (Lipinski definition) is 3. The van der Waals surface area contributed by atoms with Crippen molar-refractivity contribution in [2.75, 3.05) is 27.2 Å². The van der Waals surface area contributed by atoms with Gasteiger partial charge in [0.05, 0.1) is 6.07 Å². The average Bonchev–Trinajstić information content (AvgIpc) is 2.14. The summed E-state index contributed by atoms with van der Waals surface area (Å²) in [6.07, 6.45) is 1.60. The predicted molar refractivity (Wildman–Crippen MR) is 69.3 cm³/mol. The summed E-state index contributed by atoms with van der Waals surface area (Å²) < 4.78 is 0. The predicted octanol–water partition coefficient (Wildman–Crippen LogP) is 2.25. The van der Waals surface area contributed by atoms with Gasteiger partial charge in [0.2, 0.25) is 0 Å². The van der Waals surface area contributed by atoms with E-state index < -0.39 is 0 Å². The molecule has 0 aromatic heterocycles. The van der Waals surface area contributed by atoms with Crippen molar-refractivity contribution in [1.82, 2.24) is 10.2 Å². The highest BCUT2D eigenvalue weighted by atomic mass is 15.2. The van der Waals surface area contributed by atoms with E-state index in [-0.39, 0.29) is 11.0 Å². The number of hydrogen-bond donors (Lipinski definition) is 1. The molecule has 0 bridgehead atoms. The Morgan fingerprint density at radius 1 is 1.12 bits per heavy atom. The Bertz CT molecular complexity index is 236. The van der Waals surface area contributed by atoms with Crippen LogP contribution in [0.1, 0.15) is 40.5 Å². The minimum absolute atomic E-state index is 0.172. The van der Waals surface area contributed by atoms with E-state index in [0.29, 0.717) is 6.42 Å². The van der Waals surface area contributed by atoms with Gasteiger partial charge in [0.15, 0.2) is 0 Å². The van der Waals surface area contributed by atoms with Gasteiger partial charge in [0.25, 0.3) is 0 Å². The lowest BCUT2D eigenvalue weighted by molar-refractivity contribution is 0.180. The maximum absolute atomic E-state index is 8.58. The molecule has 0 fully saturated rings. The first-order valence-electron chi connectivity index (χ1n) is 5.96. The molecule has 0 atom stereocenters. The summed E-state index contributed by atoms with van der Waals surface area (Å²) in [6, 6.07) is 2.21. The number of nitrogens with zero attached hydrogens (tertiary/aromatic N) is 2. The molecule has 0 saturated carbocycles. The van der Waals surface area contributed by atoms with Gasteiger partial charge in [-0.2, -0.15) is 5.26 Å². The van der Waals surface area contributed by atoms with Crippen molar-refractivity contribution in [1.29, 1.82) is 5.26 Å². The summed E-state index contributed by atoms with van der Waals surface area (Å²) >= 11 is 0. The minimum atomic E-state index is 0.172. The van der Waals surface area contributed by atoms with Gasteiger partial charge in [-0.05, 0) is 39.8 Å². The van der Waals surface area contributed by atoms with Crippen LogP contribution in [0.3, 0.4) is 0 Å². The third-order valence-corrected chi connectivity index (χ3v) is 3.29. The third kappa shape index (κ3) is 6.09. The lowest BCUT2D eigenvalue weighted by Gasteiger charge is -2.34. The molecular weight excluding hydrogens is 198 g/mol. The van der Waals surface area contributed by atoms with Gasteiger partial charge < -0.3 is 10.2 Å². The van der Waals surface area contributed by atoms with Gasteiger partial charge in [0, 0.05) is 25.0 Å². The fourth-order valence-corrected chi connectivity index (χ4v) is 1.35. The van der Waals surface area contributed by atoms with Gasteiger partial charge >= 0.3 is 0 Å². The van der Waals surface area contributed by atoms with E-state index >= 15 is 0 Å². The van der Waals surface area contributed by atoms with E-state index in [9.17, 15) is 0 Å². The number of nitriles is 1. The van der Waals surface area contributed by atoms with Crippen molar-refractivity contribution in [3.05, 3.63) is 0 Å². The lowest BCUT2D eigenvalue weighted by Crippen LogP contribution is -2.48. The first-order chi connectivity index (χ1) is 7.21. The van der Waals surface area contributed by atoms with Crippen LogP contribution < -0.4 is 5.32 Å². The Hall–Kier alpha value is -0.590. The molecule has 0 aliphatic carbocycles. The average molecular weight is 225 g/mol. The van der Waals surface area contributed by atoms with Gasteiger partial charge in [-0.1, -0.05) is 13.8 Å². The SMILES string of the molecule is CN(C)C(C)(C)CNCC(C)(C)CCC#N. The first kappa shape index (κ1) is 15.4. The second-order valence-electron chi connectivity index (χ2n) is 6.13. The van der Waals surface area contributed by atoms with Crippen LogP contribution in [0.4, 0.5) is 0 Å². The van der Waals surface area contributed by atoms with Crippen LogP contribution in [-0.4, -0.2) is 37.6 Å². The molecule has 0 spiro atoms. The molecule has 0 heterocycles. The molecule has 1 N–H and O–H groups in total. The van der Waals surface area contributed by atoms with Crippen LogP contribution >= 0.6 is 0 Å². The molecule has 16 heavy (non-hydrogen) atoms. The zero-order valence-electron chi connectivity index (χ0n) is 11.7. The topological polar surface area (TPSA) is 39.1 Å². The highest BCUT2D eigenvalue weighted by molar-refractivity contribution is 4.83. The zero-order valence-corrected chi connectivity index (χ0v) is 11.7. The van der Waals surface area contributed by atoms with Crippen molar-refractivity contribution in [3.8, 4) is 6.07 Å². The highest BCUT2D eigenvalue weighted by Crippen LogP contribution is 2.21. The molecule has 0 rings (SSSR count). The van der Waals surface area contributed by atoms with Crippen LogP contribution in [0.25, 0.3) is 0 Å². The quantitative estimate of drug-likeness (QED) is 0.722. The monoisotopic (exact) mass is 225 g/mol. The Kier molecular flexibility index (Phi) is 5.99. The molecule has 0 aliphatic rings. The summed E-state index contributed by atoms with van der Waals surface area (Å²) in [7, 11) is 4.20. The Morgan fingerprint density at radius 3 is 2.12 bits per heavy atom. The van der Waals surface area contributed by atoms with Gasteiger partial charge in [-0.25, -0.2) is 0 Å². The van der Waals surface area contributed by atoms with Crippen LogP contribution in [0.5, 0.6) is 0 Å². The van der Waals surface area contributed by atoms with Crippen LogP contribution in [-0.2, 0) is 0 Å². The summed E-state index contributed by atoms with van der Waals surface area (Å²) in [4.78, 5) is 2.22. The molecular formula is C13H27N3. The van der Waals surface area contributed by atoms with Gasteiger partial charge in [-0.15, -0.1) is 0 Å². The Labute approximate surface area is 101 Å². The third-order valence-electron chi connectivity index (χ3n) is 3.29. The van der Waals surface area contributed by atoms with E-state index in [0.717, 1.165) is 19.5 Å². The molecule has 0 amide bonds. The van der Waals surface area contributed by atoms with Crippen molar-refractivity contribution >= 4 is 0 Å². The van der Waals surface area contributed by atoms with Crippen LogP contribution in [0.15, 0.2) is 0 Å². The summed E-state index contributed by atoms with van der Waals surface area (Å²) in [5, 5.41) is 12.1. The largest absolute Gasteiger partial charge is 0.314 e. The summed E-state index contributed by atoms with van der Waals surface area (Å²) in [5.41, 5.74) is 0.378. The molecule has 0 radical (unpaired) electrons. The molecule has 0 aromatic rings. The fourth-order valence-electron chi connectivity index (χ4n) is 1.35. The molecule has 0 aliphatic heterocycles. The van der Waals surface area contributed by atoms with Crippen molar-refractivity contribution in [2.24, 2.45) is 5.41 Å². The number of nitrogens with one attached hydrogen (secondary N) is 1. The molecule has 0 unspecified atom stereocenters. The smallest absolute Gasteiger partial charge is 0.0621 e. The fraction of sp³-hybridized carbons (Fsp3) is 0.923. The van der Waals surface area contributed by atoms with E-state index in [1.807, 2.05) is 0 Å². The maximum atomic E-state index is 8.58. The molecule has 0 aromatic carbocycles. The van der Waals surface area contributed by atoms with Gasteiger partial charge in [0.1, 0.15) is 0 Å². The number of likely N-dealkylation sites (N-methyl/N-ethyl adjacent to an activating group) is 1. The van der Waals surface area contributed by atoms with Crippen molar-refractivity contribution in [3.63, 3.8) is 0 Å². The summed E-state index contributed by atoms with van der Waals surface area (Å²) in [5.74, 6) is 0. The van der Waals surface area contributed by atoms with Crippen LogP contribution in [0, 0.1) is 16.7 Å². The Morgan fingerprint density at radius 2 is 1.69 bits per heavy atom. The molecule has 94 valence electrons. The van der Waals surface area contributed by atoms with Gasteiger partial charge in [-0.3, -0.25) is 0 Å². The number of rotatable bonds is 7. The Balaban J connectivity index is 3.94. The second-order valence-corrected chi connectivity index (χ2v) is 6.13. The summed E-state index contributed by atoms with van der Waals surface area (Å²) in [6.45, 7) is 10.8. The normalized spacial score (nSPS) is 12.9. The second kappa shape index (κ2) is 6.22. The first-order valence-corrected chi connectivity index (χ1v) is 5.96. The van der Waals surface area contributed by atoms with E-state index in [2.05, 4.69) is 58.1 Å². The molecule has 0 saturated heterocycles. The lowest BCUT2D eigenvalue weighted by atomic mass is 9.87. The standard InChI is InChI=1S/C13H27N3/c1-12(2,8-7-9-14)10-15-11-13(3,4)16(5)6/h15H,7-8,10-11H2,1-6H3. The van der Waals surface area contributed by atoms with Crippen molar-refractivity contribution in [2.45, 2.75) is 46.1 Å². The van der Waals surface area contributed by atoms with E-state index in [4.69, 9.17) is 5.26 Å².